The van der Waals surface area contributed by atoms with E-state index >= 15 is 0 Å². The van der Waals surface area contributed by atoms with Crippen LogP contribution in [0.3, 0.4) is 0 Å². The Morgan fingerprint density at radius 3 is 2.68 bits per heavy atom. The van der Waals surface area contributed by atoms with Crippen LogP contribution in [0, 0.1) is 5.92 Å². The second kappa shape index (κ2) is 8.48. The van der Waals surface area contributed by atoms with Crippen LogP contribution in [0.15, 0.2) is 42.7 Å². The molecule has 2 N–H and O–H groups in total. The molecule has 0 radical (unpaired) electrons. The van der Waals surface area contributed by atoms with E-state index in [2.05, 4.69) is 15.6 Å². The lowest BCUT2D eigenvalue weighted by Crippen LogP contribution is -2.34. The minimum atomic E-state index is 0.0598. The molecule has 1 aliphatic rings. The number of carbonyl (C=O) groups is 1. The average Bonchev–Trinajstić information content (AvgIpc) is 2.68. The summed E-state index contributed by atoms with van der Waals surface area (Å²) in [5.74, 6) is 1.35. The Kier molecular flexibility index (Phi) is 5.85. The van der Waals surface area contributed by atoms with Crippen LogP contribution in [0.5, 0.6) is 11.5 Å². The van der Waals surface area contributed by atoms with E-state index in [9.17, 15) is 4.79 Å². The molecular weight excluding hydrogens is 318 g/mol. The van der Waals surface area contributed by atoms with E-state index < -0.39 is 0 Å². The zero-order chi connectivity index (χ0) is 17.5. The van der Waals surface area contributed by atoms with E-state index in [0.717, 1.165) is 31.5 Å². The molecular formula is C19H23N3O3. The first-order valence-corrected chi connectivity index (χ1v) is 8.47. The molecule has 6 heteroatoms. The van der Waals surface area contributed by atoms with Crippen LogP contribution in [-0.4, -0.2) is 31.1 Å². The summed E-state index contributed by atoms with van der Waals surface area (Å²) >= 11 is 0. The van der Waals surface area contributed by atoms with Gasteiger partial charge in [-0.15, -0.1) is 0 Å². The summed E-state index contributed by atoms with van der Waals surface area (Å²) in [5.41, 5.74) is 1.73. The van der Waals surface area contributed by atoms with Crippen molar-refractivity contribution in [2.75, 3.05) is 25.5 Å². The lowest BCUT2D eigenvalue weighted by Gasteiger charge is -2.22. The van der Waals surface area contributed by atoms with Crippen molar-refractivity contribution in [3.05, 3.63) is 48.3 Å². The van der Waals surface area contributed by atoms with E-state index in [1.165, 1.54) is 0 Å². The van der Waals surface area contributed by atoms with Crippen LogP contribution in [0.2, 0.25) is 0 Å². The van der Waals surface area contributed by atoms with Gasteiger partial charge in [0, 0.05) is 30.1 Å². The number of hydrogen-bond acceptors (Lipinski definition) is 5. The summed E-state index contributed by atoms with van der Waals surface area (Å²) in [4.78, 5) is 16.4. The zero-order valence-corrected chi connectivity index (χ0v) is 14.3. The van der Waals surface area contributed by atoms with Crippen LogP contribution >= 0.6 is 0 Å². The minimum Gasteiger partial charge on any atom is -0.493 e. The van der Waals surface area contributed by atoms with Crippen molar-refractivity contribution in [3.63, 3.8) is 0 Å². The predicted octanol–water partition coefficient (Wildman–Crippen LogP) is 2.61. The Bertz CT molecular complexity index is 700. The molecule has 132 valence electrons. The number of piperidine rings is 1. The molecule has 0 spiro atoms. The first-order chi connectivity index (χ1) is 12.3. The molecule has 0 atom stereocenters. The van der Waals surface area contributed by atoms with Gasteiger partial charge in [-0.25, -0.2) is 0 Å². The maximum absolute atomic E-state index is 12.4. The number of benzene rings is 1. The summed E-state index contributed by atoms with van der Waals surface area (Å²) in [6.07, 6.45) is 5.19. The smallest absolute Gasteiger partial charge is 0.227 e. The maximum atomic E-state index is 12.4. The highest BCUT2D eigenvalue weighted by Crippen LogP contribution is 2.31. The molecule has 2 heterocycles. The van der Waals surface area contributed by atoms with E-state index in [1.807, 2.05) is 18.2 Å². The van der Waals surface area contributed by atoms with Gasteiger partial charge in [0.25, 0.3) is 0 Å². The highest BCUT2D eigenvalue weighted by atomic mass is 16.5. The normalized spacial score (nSPS) is 14.8. The molecule has 1 saturated heterocycles. The molecule has 0 saturated carbocycles. The van der Waals surface area contributed by atoms with Crippen molar-refractivity contribution in [1.82, 2.24) is 10.3 Å². The second-order valence-electron chi connectivity index (χ2n) is 6.02. The lowest BCUT2D eigenvalue weighted by molar-refractivity contribution is -0.120. The van der Waals surface area contributed by atoms with Crippen molar-refractivity contribution >= 4 is 11.6 Å². The fourth-order valence-electron chi connectivity index (χ4n) is 2.84. The molecule has 0 unspecified atom stereocenters. The zero-order valence-electron chi connectivity index (χ0n) is 14.3. The molecule has 1 aromatic carbocycles. The molecule has 2 aromatic rings. The SMILES string of the molecule is COc1ccc(NC(=O)C2CCNCC2)cc1OCc1ccncc1. The van der Waals surface area contributed by atoms with Crippen LogP contribution in [0.4, 0.5) is 5.69 Å². The predicted molar refractivity (Wildman–Crippen MR) is 95.8 cm³/mol. The summed E-state index contributed by atoms with van der Waals surface area (Å²) in [6.45, 7) is 2.19. The Hall–Kier alpha value is -2.60. The van der Waals surface area contributed by atoms with E-state index in [1.54, 1.807) is 31.6 Å². The number of pyridine rings is 1. The third-order valence-corrected chi connectivity index (χ3v) is 4.28. The molecule has 0 aliphatic carbocycles. The van der Waals surface area contributed by atoms with Crippen molar-refractivity contribution in [1.29, 1.82) is 0 Å². The van der Waals surface area contributed by atoms with Gasteiger partial charge < -0.3 is 20.1 Å². The van der Waals surface area contributed by atoms with Gasteiger partial charge >= 0.3 is 0 Å². The minimum absolute atomic E-state index is 0.0598. The molecule has 1 amide bonds. The molecule has 1 aliphatic heterocycles. The summed E-state index contributed by atoms with van der Waals surface area (Å²) in [5, 5.41) is 6.26. The molecule has 3 rings (SSSR count). The monoisotopic (exact) mass is 341 g/mol. The van der Waals surface area contributed by atoms with Gasteiger partial charge in [0.2, 0.25) is 5.91 Å². The molecule has 0 bridgehead atoms. The molecule has 6 nitrogen and oxygen atoms in total. The van der Waals surface area contributed by atoms with Crippen molar-refractivity contribution in [3.8, 4) is 11.5 Å². The van der Waals surface area contributed by atoms with Gasteiger partial charge in [-0.2, -0.15) is 0 Å². The molecule has 25 heavy (non-hydrogen) atoms. The number of methoxy groups -OCH3 is 1. The van der Waals surface area contributed by atoms with Gasteiger partial charge in [-0.05, 0) is 55.8 Å². The summed E-state index contributed by atoms with van der Waals surface area (Å²) < 4.78 is 11.2. The number of rotatable bonds is 6. The fraction of sp³-hybridized carbons (Fsp3) is 0.368. The van der Waals surface area contributed by atoms with Crippen LogP contribution < -0.4 is 20.1 Å². The third kappa shape index (κ3) is 4.70. The van der Waals surface area contributed by atoms with Crippen molar-refractivity contribution < 1.29 is 14.3 Å². The third-order valence-electron chi connectivity index (χ3n) is 4.28. The van der Waals surface area contributed by atoms with E-state index in [0.29, 0.717) is 23.8 Å². The largest absolute Gasteiger partial charge is 0.493 e. The number of hydrogen-bond donors (Lipinski definition) is 2. The van der Waals surface area contributed by atoms with E-state index in [4.69, 9.17) is 9.47 Å². The number of nitrogens with zero attached hydrogens (tertiary/aromatic N) is 1. The Morgan fingerprint density at radius 1 is 1.20 bits per heavy atom. The number of ether oxygens (including phenoxy) is 2. The number of nitrogens with one attached hydrogen (secondary N) is 2. The van der Waals surface area contributed by atoms with Gasteiger partial charge in [0.1, 0.15) is 6.61 Å². The molecule has 1 aromatic heterocycles. The average molecular weight is 341 g/mol. The van der Waals surface area contributed by atoms with Gasteiger partial charge in [-0.1, -0.05) is 0 Å². The highest BCUT2D eigenvalue weighted by Gasteiger charge is 2.21. The number of aromatic nitrogens is 1. The highest BCUT2D eigenvalue weighted by molar-refractivity contribution is 5.93. The van der Waals surface area contributed by atoms with Crippen LogP contribution in [-0.2, 0) is 11.4 Å². The Morgan fingerprint density at radius 2 is 1.96 bits per heavy atom. The topological polar surface area (TPSA) is 72.5 Å². The standard InChI is InChI=1S/C19H23N3O3/c1-24-17-3-2-16(22-19(23)15-6-10-21-11-7-15)12-18(17)25-13-14-4-8-20-9-5-14/h2-5,8-9,12,15,21H,6-7,10-11,13H2,1H3,(H,22,23). The van der Waals surface area contributed by atoms with Gasteiger partial charge in [0.15, 0.2) is 11.5 Å². The van der Waals surface area contributed by atoms with Crippen molar-refractivity contribution in [2.45, 2.75) is 19.4 Å². The number of carbonyl (C=O) groups excluding carboxylic acids is 1. The maximum Gasteiger partial charge on any atom is 0.227 e. The Balaban J connectivity index is 1.67. The first kappa shape index (κ1) is 17.2. The summed E-state index contributed by atoms with van der Waals surface area (Å²) in [7, 11) is 1.60. The van der Waals surface area contributed by atoms with Crippen LogP contribution in [0.1, 0.15) is 18.4 Å². The molecule has 1 fully saturated rings. The van der Waals surface area contributed by atoms with Crippen molar-refractivity contribution in [2.24, 2.45) is 5.92 Å². The second-order valence-corrected chi connectivity index (χ2v) is 6.02. The Labute approximate surface area is 147 Å². The first-order valence-electron chi connectivity index (χ1n) is 8.47. The summed E-state index contributed by atoms with van der Waals surface area (Å²) in [6, 6.07) is 9.24. The van der Waals surface area contributed by atoms with Crippen LogP contribution in [0.25, 0.3) is 0 Å². The van der Waals surface area contributed by atoms with Gasteiger partial charge in [0.05, 0.1) is 7.11 Å². The van der Waals surface area contributed by atoms with E-state index in [-0.39, 0.29) is 11.8 Å². The quantitative estimate of drug-likeness (QED) is 0.845. The number of anilines is 1. The fourth-order valence-corrected chi connectivity index (χ4v) is 2.84. The van der Waals surface area contributed by atoms with Gasteiger partial charge in [-0.3, -0.25) is 9.78 Å². The lowest BCUT2D eigenvalue weighted by atomic mass is 9.97. The number of amides is 1.